The number of nitrogens with one attached hydrogen (secondary N) is 1. The van der Waals surface area contributed by atoms with Gasteiger partial charge < -0.3 is 4.98 Å². The van der Waals surface area contributed by atoms with Gasteiger partial charge in [0.1, 0.15) is 11.6 Å². The molecule has 0 saturated heterocycles. The molecule has 0 unspecified atom stereocenters. The highest BCUT2D eigenvalue weighted by Gasteiger charge is 2.22. The SMILES string of the molecule is Cc1ccccc1-c1cnc(C2CCC(=O)CC2)[nH]1. The van der Waals surface area contributed by atoms with Crippen LogP contribution >= 0.6 is 0 Å². The Hall–Kier alpha value is -1.90. The van der Waals surface area contributed by atoms with Gasteiger partial charge >= 0.3 is 0 Å². The van der Waals surface area contributed by atoms with Gasteiger partial charge in [0.25, 0.3) is 0 Å². The number of carbonyl (C=O) groups excluding carboxylic acids is 1. The van der Waals surface area contributed by atoms with E-state index in [0.717, 1.165) is 24.4 Å². The van der Waals surface area contributed by atoms with Crippen LogP contribution in [0.25, 0.3) is 11.3 Å². The topological polar surface area (TPSA) is 45.8 Å². The maximum absolute atomic E-state index is 11.3. The number of Topliss-reactive ketones (excluding diaryl/α,β-unsaturated/α-hetero) is 1. The molecule has 0 atom stereocenters. The first-order valence-corrected chi connectivity index (χ1v) is 6.86. The normalized spacial score (nSPS) is 16.8. The summed E-state index contributed by atoms with van der Waals surface area (Å²) in [6.07, 6.45) is 5.17. The molecule has 1 fully saturated rings. The summed E-state index contributed by atoms with van der Waals surface area (Å²) in [4.78, 5) is 19.2. The van der Waals surface area contributed by atoms with Gasteiger partial charge in [-0.05, 0) is 25.3 Å². The van der Waals surface area contributed by atoms with E-state index >= 15 is 0 Å². The van der Waals surface area contributed by atoms with Crippen molar-refractivity contribution in [1.82, 2.24) is 9.97 Å². The molecular formula is C16H18N2O. The van der Waals surface area contributed by atoms with Gasteiger partial charge in [-0.25, -0.2) is 4.98 Å². The standard InChI is InChI=1S/C16H18N2O/c1-11-4-2-3-5-14(11)15-10-17-16(18-15)12-6-8-13(19)9-7-12/h2-5,10,12H,6-9H2,1H3,(H,17,18). The van der Waals surface area contributed by atoms with Crippen LogP contribution in [-0.2, 0) is 4.79 Å². The minimum Gasteiger partial charge on any atom is -0.342 e. The third-order valence-corrected chi connectivity index (χ3v) is 3.96. The summed E-state index contributed by atoms with van der Waals surface area (Å²) in [6, 6.07) is 8.30. The number of nitrogens with zero attached hydrogens (tertiary/aromatic N) is 1. The van der Waals surface area contributed by atoms with Crippen molar-refractivity contribution in [2.75, 3.05) is 0 Å². The van der Waals surface area contributed by atoms with E-state index in [1.54, 1.807) is 0 Å². The first-order valence-electron chi connectivity index (χ1n) is 6.86. The summed E-state index contributed by atoms with van der Waals surface area (Å²) in [5, 5.41) is 0. The molecule has 0 bridgehead atoms. The van der Waals surface area contributed by atoms with E-state index in [1.807, 2.05) is 18.3 Å². The Balaban J connectivity index is 1.84. The molecule has 1 heterocycles. The van der Waals surface area contributed by atoms with E-state index in [9.17, 15) is 4.79 Å². The molecule has 0 amide bonds. The Bertz CT molecular complexity index is 590. The zero-order valence-corrected chi connectivity index (χ0v) is 11.1. The molecule has 98 valence electrons. The average molecular weight is 254 g/mol. The Morgan fingerprint density at radius 1 is 1.21 bits per heavy atom. The predicted octanol–water partition coefficient (Wildman–Crippen LogP) is 3.61. The van der Waals surface area contributed by atoms with E-state index < -0.39 is 0 Å². The van der Waals surface area contributed by atoms with Crippen molar-refractivity contribution in [3.05, 3.63) is 41.9 Å². The third-order valence-electron chi connectivity index (χ3n) is 3.96. The van der Waals surface area contributed by atoms with E-state index in [1.165, 1.54) is 11.1 Å². The lowest BCUT2D eigenvalue weighted by atomic mass is 9.88. The first kappa shape index (κ1) is 12.2. The second-order valence-electron chi connectivity index (χ2n) is 5.31. The molecule has 19 heavy (non-hydrogen) atoms. The molecule has 2 aromatic rings. The highest BCUT2D eigenvalue weighted by atomic mass is 16.1. The average Bonchev–Trinajstić information content (AvgIpc) is 2.89. The quantitative estimate of drug-likeness (QED) is 0.889. The highest BCUT2D eigenvalue weighted by Crippen LogP contribution is 2.31. The van der Waals surface area contributed by atoms with Gasteiger partial charge in [0, 0.05) is 24.3 Å². The summed E-state index contributed by atoms with van der Waals surface area (Å²) in [7, 11) is 0. The van der Waals surface area contributed by atoms with Crippen molar-refractivity contribution in [3.63, 3.8) is 0 Å². The van der Waals surface area contributed by atoms with Gasteiger partial charge in [0.15, 0.2) is 0 Å². The second-order valence-corrected chi connectivity index (χ2v) is 5.31. The molecule has 1 N–H and O–H groups in total. The van der Waals surface area contributed by atoms with Gasteiger partial charge in [-0.1, -0.05) is 24.3 Å². The summed E-state index contributed by atoms with van der Waals surface area (Å²) in [5.74, 6) is 1.84. The first-order chi connectivity index (χ1) is 9.24. The predicted molar refractivity (Wildman–Crippen MR) is 75.0 cm³/mol. The van der Waals surface area contributed by atoms with E-state index in [-0.39, 0.29) is 0 Å². The number of rotatable bonds is 2. The Morgan fingerprint density at radius 2 is 1.95 bits per heavy atom. The zero-order chi connectivity index (χ0) is 13.2. The van der Waals surface area contributed by atoms with Gasteiger partial charge in [-0.15, -0.1) is 0 Å². The number of aryl methyl sites for hydroxylation is 1. The van der Waals surface area contributed by atoms with Crippen LogP contribution < -0.4 is 0 Å². The molecular weight excluding hydrogens is 236 g/mol. The second kappa shape index (κ2) is 5.00. The number of imidazole rings is 1. The lowest BCUT2D eigenvalue weighted by Gasteiger charge is -2.18. The zero-order valence-electron chi connectivity index (χ0n) is 11.1. The van der Waals surface area contributed by atoms with E-state index in [0.29, 0.717) is 24.5 Å². The molecule has 0 radical (unpaired) electrons. The fourth-order valence-electron chi connectivity index (χ4n) is 2.77. The molecule has 1 aromatic carbocycles. The molecule has 1 saturated carbocycles. The molecule has 0 aliphatic heterocycles. The minimum atomic E-state index is 0.391. The Kier molecular flexibility index (Phi) is 3.20. The number of aromatic amines is 1. The van der Waals surface area contributed by atoms with Crippen molar-refractivity contribution < 1.29 is 4.79 Å². The molecule has 1 aliphatic rings. The van der Waals surface area contributed by atoms with Crippen molar-refractivity contribution >= 4 is 5.78 Å². The van der Waals surface area contributed by atoms with Crippen LogP contribution in [0.3, 0.4) is 0 Å². The van der Waals surface area contributed by atoms with Crippen LogP contribution in [0.2, 0.25) is 0 Å². The van der Waals surface area contributed by atoms with Crippen molar-refractivity contribution in [3.8, 4) is 11.3 Å². The summed E-state index contributed by atoms with van der Waals surface area (Å²) in [5.41, 5.74) is 3.52. The number of ketones is 1. The monoisotopic (exact) mass is 254 g/mol. The van der Waals surface area contributed by atoms with Crippen molar-refractivity contribution in [1.29, 1.82) is 0 Å². The smallest absolute Gasteiger partial charge is 0.132 e. The van der Waals surface area contributed by atoms with E-state index in [4.69, 9.17) is 0 Å². The molecule has 0 spiro atoms. The largest absolute Gasteiger partial charge is 0.342 e. The van der Waals surface area contributed by atoms with Gasteiger partial charge in [-0.3, -0.25) is 4.79 Å². The van der Waals surface area contributed by atoms with Crippen LogP contribution in [0.1, 0.15) is 43.0 Å². The lowest BCUT2D eigenvalue weighted by molar-refractivity contribution is -0.120. The maximum Gasteiger partial charge on any atom is 0.132 e. The van der Waals surface area contributed by atoms with Gasteiger partial charge in [0.05, 0.1) is 11.9 Å². The maximum atomic E-state index is 11.3. The van der Waals surface area contributed by atoms with Crippen LogP contribution in [-0.4, -0.2) is 15.8 Å². The summed E-state index contributed by atoms with van der Waals surface area (Å²) >= 11 is 0. The fraction of sp³-hybridized carbons (Fsp3) is 0.375. The lowest BCUT2D eigenvalue weighted by Crippen LogP contribution is -2.13. The van der Waals surface area contributed by atoms with Crippen LogP contribution in [0.5, 0.6) is 0 Å². The molecule has 3 rings (SSSR count). The number of hydrogen-bond donors (Lipinski definition) is 1. The molecule has 1 aromatic heterocycles. The van der Waals surface area contributed by atoms with Crippen molar-refractivity contribution in [2.24, 2.45) is 0 Å². The third kappa shape index (κ3) is 2.46. The summed E-state index contributed by atoms with van der Waals surface area (Å²) in [6.45, 7) is 2.11. The Morgan fingerprint density at radius 3 is 2.68 bits per heavy atom. The molecule has 3 nitrogen and oxygen atoms in total. The number of aromatic nitrogens is 2. The molecule has 3 heteroatoms. The van der Waals surface area contributed by atoms with Crippen LogP contribution in [0, 0.1) is 6.92 Å². The van der Waals surface area contributed by atoms with E-state index in [2.05, 4.69) is 29.0 Å². The van der Waals surface area contributed by atoms with Crippen LogP contribution in [0.15, 0.2) is 30.5 Å². The van der Waals surface area contributed by atoms with Gasteiger partial charge in [0.2, 0.25) is 0 Å². The number of hydrogen-bond acceptors (Lipinski definition) is 2. The fourth-order valence-corrected chi connectivity index (χ4v) is 2.77. The Labute approximate surface area is 113 Å². The number of H-pyrrole nitrogens is 1. The van der Waals surface area contributed by atoms with Crippen molar-refractivity contribution in [2.45, 2.75) is 38.5 Å². The number of carbonyl (C=O) groups is 1. The van der Waals surface area contributed by atoms with Gasteiger partial charge in [-0.2, -0.15) is 0 Å². The van der Waals surface area contributed by atoms with Crippen LogP contribution in [0.4, 0.5) is 0 Å². The molecule has 1 aliphatic carbocycles. The minimum absolute atomic E-state index is 0.391. The number of benzene rings is 1. The summed E-state index contributed by atoms with van der Waals surface area (Å²) < 4.78 is 0. The highest BCUT2D eigenvalue weighted by molar-refractivity contribution is 5.79.